The summed E-state index contributed by atoms with van der Waals surface area (Å²) in [7, 11) is 1.60. The van der Waals surface area contributed by atoms with Crippen LogP contribution in [0, 0.1) is 0 Å². The highest BCUT2D eigenvalue weighted by Crippen LogP contribution is 2.18. The number of carbonyl (C=O) groups excluding carboxylic acids is 1. The maximum Gasteiger partial charge on any atom is 0.312 e. The van der Waals surface area contributed by atoms with Crippen LogP contribution in [0.4, 0.5) is 4.79 Å². The van der Waals surface area contributed by atoms with Crippen molar-refractivity contribution in [2.75, 3.05) is 7.11 Å². The second-order valence-electron chi connectivity index (χ2n) is 3.01. The van der Waals surface area contributed by atoms with Crippen molar-refractivity contribution in [2.45, 2.75) is 13.0 Å². The lowest BCUT2D eigenvalue weighted by molar-refractivity contribution is 0.246. The van der Waals surface area contributed by atoms with E-state index < -0.39 is 6.03 Å². The van der Waals surface area contributed by atoms with Gasteiger partial charge in [-0.05, 0) is 24.6 Å². The number of nitrogens with two attached hydrogens (primary N) is 1. The molecule has 76 valence electrons. The zero-order valence-electron chi connectivity index (χ0n) is 8.28. The second kappa shape index (κ2) is 4.50. The van der Waals surface area contributed by atoms with E-state index in [1.54, 1.807) is 7.11 Å². The summed E-state index contributed by atoms with van der Waals surface area (Å²) in [5, 5.41) is 2.59. The van der Waals surface area contributed by atoms with Crippen molar-refractivity contribution < 1.29 is 9.53 Å². The van der Waals surface area contributed by atoms with Gasteiger partial charge in [0.15, 0.2) is 0 Å². The molecule has 4 heteroatoms. The molecule has 0 aromatic heterocycles. The van der Waals surface area contributed by atoms with E-state index in [0.29, 0.717) is 0 Å². The van der Waals surface area contributed by atoms with Crippen molar-refractivity contribution in [3.8, 4) is 5.75 Å². The summed E-state index contributed by atoms with van der Waals surface area (Å²) >= 11 is 0. The average Bonchev–Trinajstić information content (AvgIpc) is 2.17. The molecule has 0 aliphatic heterocycles. The van der Waals surface area contributed by atoms with Gasteiger partial charge in [0.05, 0.1) is 13.2 Å². The third kappa shape index (κ3) is 2.65. The minimum atomic E-state index is -0.527. The van der Waals surface area contributed by atoms with Crippen molar-refractivity contribution >= 4 is 6.03 Å². The van der Waals surface area contributed by atoms with Crippen LogP contribution in [0.3, 0.4) is 0 Å². The summed E-state index contributed by atoms with van der Waals surface area (Å²) in [5.74, 6) is 0.764. The summed E-state index contributed by atoms with van der Waals surface area (Å²) in [4.78, 5) is 10.6. The van der Waals surface area contributed by atoms with Crippen LogP contribution in [0.5, 0.6) is 5.75 Å². The van der Waals surface area contributed by atoms with E-state index in [1.165, 1.54) is 0 Å². The molecule has 0 saturated heterocycles. The Morgan fingerprint density at radius 1 is 1.57 bits per heavy atom. The number of urea groups is 1. The first kappa shape index (κ1) is 10.4. The normalized spacial score (nSPS) is 11.9. The number of amides is 2. The summed E-state index contributed by atoms with van der Waals surface area (Å²) in [6.07, 6.45) is 0. The van der Waals surface area contributed by atoms with Crippen LogP contribution in [0.1, 0.15) is 18.5 Å². The predicted octanol–water partition coefficient (Wildman–Crippen LogP) is 1.42. The number of ether oxygens (including phenoxy) is 1. The fraction of sp³-hybridized carbons (Fsp3) is 0.300. The van der Waals surface area contributed by atoms with Gasteiger partial charge in [-0.2, -0.15) is 0 Å². The van der Waals surface area contributed by atoms with Crippen LogP contribution in [0.25, 0.3) is 0 Å². The smallest absolute Gasteiger partial charge is 0.312 e. The predicted molar refractivity (Wildman–Crippen MR) is 54.1 cm³/mol. The van der Waals surface area contributed by atoms with Crippen LogP contribution < -0.4 is 15.8 Å². The number of primary amides is 1. The van der Waals surface area contributed by atoms with Crippen LogP contribution in [0.2, 0.25) is 0 Å². The quantitative estimate of drug-likeness (QED) is 0.764. The highest BCUT2D eigenvalue weighted by Gasteiger charge is 2.06. The van der Waals surface area contributed by atoms with E-state index in [4.69, 9.17) is 10.5 Å². The fourth-order valence-corrected chi connectivity index (χ4v) is 1.21. The van der Waals surface area contributed by atoms with Crippen LogP contribution in [0.15, 0.2) is 24.3 Å². The zero-order chi connectivity index (χ0) is 10.6. The summed E-state index contributed by atoms with van der Waals surface area (Å²) < 4.78 is 5.07. The number of nitrogens with one attached hydrogen (secondary N) is 1. The largest absolute Gasteiger partial charge is 0.497 e. The van der Waals surface area contributed by atoms with Crippen LogP contribution in [-0.2, 0) is 0 Å². The Bertz CT molecular complexity index is 326. The van der Waals surface area contributed by atoms with Crippen molar-refractivity contribution in [3.63, 3.8) is 0 Å². The molecule has 2 amide bonds. The fourth-order valence-electron chi connectivity index (χ4n) is 1.21. The number of benzene rings is 1. The van der Waals surface area contributed by atoms with E-state index in [0.717, 1.165) is 11.3 Å². The molecule has 0 heterocycles. The lowest BCUT2D eigenvalue weighted by Gasteiger charge is -2.13. The lowest BCUT2D eigenvalue weighted by atomic mass is 10.1. The molecule has 1 aromatic rings. The Morgan fingerprint density at radius 3 is 2.86 bits per heavy atom. The maximum atomic E-state index is 10.6. The maximum absolute atomic E-state index is 10.6. The molecule has 14 heavy (non-hydrogen) atoms. The minimum absolute atomic E-state index is 0.109. The highest BCUT2D eigenvalue weighted by atomic mass is 16.5. The van der Waals surface area contributed by atoms with Crippen molar-refractivity contribution in [2.24, 2.45) is 5.73 Å². The third-order valence-electron chi connectivity index (χ3n) is 1.95. The molecular formula is C10H14N2O2. The average molecular weight is 194 g/mol. The van der Waals surface area contributed by atoms with E-state index >= 15 is 0 Å². The molecule has 1 aromatic carbocycles. The van der Waals surface area contributed by atoms with Gasteiger partial charge >= 0.3 is 6.03 Å². The number of hydrogen-bond donors (Lipinski definition) is 2. The van der Waals surface area contributed by atoms with Gasteiger partial charge in [0, 0.05) is 0 Å². The SMILES string of the molecule is COc1cccc([C@H](C)NC(N)=O)c1. The number of carbonyl (C=O) groups is 1. The highest BCUT2D eigenvalue weighted by molar-refractivity contribution is 5.72. The molecule has 1 atom stereocenters. The Morgan fingerprint density at radius 2 is 2.29 bits per heavy atom. The van der Waals surface area contributed by atoms with Crippen molar-refractivity contribution in [1.29, 1.82) is 0 Å². The van der Waals surface area contributed by atoms with Gasteiger partial charge < -0.3 is 15.8 Å². The molecule has 0 unspecified atom stereocenters. The summed E-state index contributed by atoms with van der Waals surface area (Å²) in [5.41, 5.74) is 5.98. The van der Waals surface area contributed by atoms with Crippen LogP contribution in [-0.4, -0.2) is 13.1 Å². The van der Waals surface area contributed by atoms with Gasteiger partial charge in [0.2, 0.25) is 0 Å². The molecule has 0 bridgehead atoms. The van der Waals surface area contributed by atoms with E-state index in [2.05, 4.69) is 5.32 Å². The molecule has 0 saturated carbocycles. The Kier molecular flexibility index (Phi) is 3.34. The topological polar surface area (TPSA) is 64.3 Å². The number of hydrogen-bond acceptors (Lipinski definition) is 2. The van der Waals surface area contributed by atoms with Gasteiger partial charge in [0.25, 0.3) is 0 Å². The zero-order valence-corrected chi connectivity index (χ0v) is 8.28. The molecule has 4 nitrogen and oxygen atoms in total. The first-order valence-electron chi connectivity index (χ1n) is 4.33. The van der Waals surface area contributed by atoms with Gasteiger partial charge in [0.1, 0.15) is 5.75 Å². The Balaban J connectivity index is 2.78. The molecule has 0 fully saturated rings. The van der Waals surface area contributed by atoms with Gasteiger partial charge in [-0.1, -0.05) is 12.1 Å². The summed E-state index contributed by atoms with van der Waals surface area (Å²) in [6.45, 7) is 1.86. The molecule has 1 rings (SSSR count). The molecule has 0 aliphatic rings. The molecular weight excluding hydrogens is 180 g/mol. The molecule has 0 radical (unpaired) electrons. The first-order chi connectivity index (χ1) is 6.63. The number of rotatable bonds is 3. The monoisotopic (exact) mass is 194 g/mol. The molecule has 3 N–H and O–H groups in total. The molecule has 0 aliphatic carbocycles. The Hall–Kier alpha value is -1.71. The van der Waals surface area contributed by atoms with Gasteiger partial charge in [-0.3, -0.25) is 0 Å². The summed E-state index contributed by atoms with van der Waals surface area (Å²) in [6, 6.07) is 6.85. The van der Waals surface area contributed by atoms with E-state index in [9.17, 15) is 4.79 Å². The van der Waals surface area contributed by atoms with Gasteiger partial charge in [-0.25, -0.2) is 4.79 Å². The van der Waals surface area contributed by atoms with Gasteiger partial charge in [-0.15, -0.1) is 0 Å². The van der Waals surface area contributed by atoms with Crippen molar-refractivity contribution in [1.82, 2.24) is 5.32 Å². The second-order valence-corrected chi connectivity index (χ2v) is 3.01. The minimum Gasteiger partial charge on any atom is -0.497 e. The first-order valence-corrected chi connectivity index (χ1v) is 4.33. The van der Waals surface area contributed by atoms with Crippen molar-refractivity contribution in [3.05, 3.63) is 29.8 Å². The molecule has 0 spiro atoms. The third-order valence-corrected chi connectivity index (χ3v) is 1.95. The lowest BCUT2D eigenvalue weighted by Crippen LogP contribution is -2.31. The van der Waals surface area contributed by atoms with E-state index in [1.807, 2.05) is 31.2 Å². The Labute approximate surface area is 83.1 Å². The standard InChI is InChI=1S/C10H14N2O2/c1-7(12-10(11)13)8-4-3-5-9(6-8)14-2/h3-7H,1-2H3,(H3,11,12,13)/t7-/m0/s1. The van der Waals surface area contributed by atoms with E-state index in [-0.39, 0.29) is 6.04 Å². The van der Waals surface area contributed by atoms with Crippen LogP contribution >= 0.6 is 0 Å². The number of methoxy groups -OCH3 is 1.